The lowest BCUT2D eigenvalue weighted by Gasteiger charge is -2.34. The molecule has 3 atom stereocenters. The molecule has 1 aromatic rings. The van der Waals surface area contributed by atoms with Crippen molar-refractivity contribution < 1.29 is 27.4 Å². The summed E-state index contributed by atoms with van der Waals surface area (Å²) in [5.41, 5.74) is 0. The highest BCUT2D eigenvalue weighted by atomic mass is 32.2. The van der Waals surface area contributed by atoms with E-state index in [1.54, 1.807) is 38.3 Å². The summed E-state index contributed by atoms with van der Waals surface area (Å²) in [5, 5.41) is 2.62. The molecule has 0 saturated carbocycles. The minimum Gasteiger partial charge on any atom is -0.497 e. The van der Waals surface area contributed by atoms with E-state index in [9.17, 15) is 13.2 Å². The van der Waals surface area contributed by atoms with Crippen LogP contribution in [0.5, 0.6) is 11.5 Å². The van der Waals surface area contributed by atoms with Crippen LogP contribution in [0.15, 0.2) is 24.3 Å². The summed E-state index contributed by atoms with van der Waals surface area (Å²) in [6.45, 7) is 5.99. The number of morpholine rings is 1. The molecule has 0 radical (unpaired) electrons. The molecule has 1 heterocycles. The predicted molar refractivity (Wildman–Crippen MR) is 101 cm³/mol. The molecule has 1 N–H and O–H groups in total. The molecule has 1 fully saturated rings. The lowest BCUT2D eigenvalue weighted by molar-refractivity contribution is -0.127. The third kappa shape index (κ3) is 6.37. The Hall–Kier alpha value is -1.84. The molecular formula is C18H28N2O6S. The summed E-state index contributed by atoms with van der Waals surface area (Å²) in [7, 11) is -1.89. The molecule has 0 spiro atoms. The Labute approximate surface area is 160 Å². The number of rotatable bonds is 8. The molecule has 3 unspecified atom stereocenters. The SMILES string of the molecule is COc1ccc(OC(C)C(=O)NCCS(=O)(=O)N2CC(C)OC(C)C2)cc1. The molecule has 0 bridgehead atoms. The van der Waals surface area contributed by atoms with Crippen molar-refractivity contribution in [2.45, 2.75) is 39.1 Å². The van der Waals surface area contributed by atoms with E-state index in [0.717, 1.165) is 0 Å². The number of benzene rings is 1. The van der Waals surface area contributed by atoms with E-state index in [4.69, 9.17) is 14.2 Å². The van der Waals surface area contributed by atoms with Gasteiger partial charge in [0.2, 0.25) is 10.0 Å². The lowest BCUT2D eigenvalue weighted by atomic mass is 10.3. The fraction of sp³-hybridized carbons (Fsp3) is 0.611. The molecule has 1 aromatic carbocycles. The Kier molecular flexibility index (Phi) is 7.46. The smallest absolute Gasteiger partial charge is 0.260 e. The Morgan fingerprint density at radius 3 is 2.33 bits per heavy atom. The minimum atomic E-state index is -3.45. The summed E-state index contributed by atoms with van der Waals surface area (Å²) < 4.78 is 42.5. The van der Waals surface area contributed by atoms with Crippen molar-refractivity contribution in [1.29, 1.82) is 0 Å². The van der Waals surface area contributed by atoms with Crippen molar-refractivity contribution in [3.63, 3.8) is 0 Å². The first-order valence-electron chi connectivity index (χ1n) is 8.93. The number of amides is 1. The number of nitrogens with one attached hydrogen (secondary N) is 1. The molecule has 8 nitrogen and oxygen atoms in total. The number of hydrogen-bond acceptors (Lipinski definition) is 6. The molecule has 0 aliphatic carbocycles. The average molecular weight is 400 g/mol. The van der Waals surface area contributed by atoms with E-state index in [0.29, 0.717) is 24.6 Å². The van der Waals surface area contributed by atoms with Crippen LogP contribution >= 0.6 is 0 Å². The lowest BCUT2D eigenvalue weighted by Crippen LogP contribution is -2.50. The van der Waals surface area contributed by atoms with Crippen LogP contribution in [0, 0.1) is 0 Å². The second-order valence-electron chi connectivity index (χ2n) is 6.62. The largest absolute Gasteiger partial charge is 0.497 e. The second kappa shape index (κ2) is 9.38. The van der Waals surface area contributed by atoms with Gasteiger partial charge in [-0.2, -0.15) is 4.31 Å². The van der Waals surface area contributed by atoms with Crippen LogP contribution in [0.25, 0.3) is 0 Å². The van der Waals surface area contributed by atoms with Gasteiger partial charge in [0.25, 0.3) is 5.91 Å². The molecular weight excluding hydrogens is 372 g/mol. The summed E-state index contributed by atoms with van der Waals surface area (Å²) in [5.74, 6) is 0.691. The Bertz CT molecular complexity index is 712. The Balaban J connectivity index is 1.80. The van der Waals surface area contributed by atoms with Gasteiger partial charge in [0.05, 0.1) is 25.1 Å². The Morgan fingerprint density at radius 1 is 1.22 bits per heavy atom. The number of hydrogen-bond donors (Lipinski definition) is 1. The molecule has 1 amide bonds. The molecule has 9 heteroatoms. The summed E-state index contributed by atoms with van der Waals surface area (Å²) in [6, 6.07) is 6.87. The first-order valence-corrected chi connectivity index (χ1v) is 10.5. The van der Waals surface area contributed by atoms with E-state index in [-0.39, 0.29) is 30.4 Å². The maximum Gasteiger partial charge on any atom is 0.260 e. The average Bonchev–Trinajstić information content (AvgIpc) is 2.61. The van der Waals surface area contributed by atoms with Gasteiger partial charge < -0.3 is 19.5 Å². The zero-order valence-electron chi connectivity index (χ0n) is 16.2. The zero-order valence-corrected chi connectivity index (χ0v) is 17.0. The van der Waals surface area contributed by atoms with Crippen molar-refractivity contribution in [2.24, 2.45) is 0 Å². The number of carbonyl (C=O) groups excluding carboxylic acids is 1. The summed E-state index contributed by atoms with van der Waals surface area (Å²) in [4.78, 5) is 12.1. The van der Waals surface area contributed by atoms with Crippen molar-refractivity contribution in [3.8, 4) is 11.5 Å². The normalized spacial score (nSPS) is 22.1. The maximum absolute atomic E-state index is 12.5. The first-order chi connectivity index (χ1) is 12.7. The van der Waals surface area contributed by atoms with Crippen molar-refractivity contribution in [1.82, 2.24) is 9.62 Å². The standard InChI is InChI=1S/C18H28N2O6S/c1-13-11-20(12-14(2)25-13)27(22,23)10-9-19-18(21)15(3)26-17-7-5-16(24-4)6-8-17/h5-8,13-15H,9-12H2,1-4H3,(H,19,21). The number of nitrogens with zero attached hydrogens (tertiary/aromatic N) is 1. The zero-order chi connectivity index (χ0) is 20.0. The number of carbonyl (C=O) groups is 1. The maximum atomic E-state index is 12.5. The van der Waals surface area contributed by atoms with E-state index in [2.05, 4.69) is 5.32 Å². The highest BCUT2D eigenvalue weighted by Crippen LogP contribution is 2.18. The number of methoxy groups -OCH3 is 1. The highest BCUT2D eigenvalue weighted by Gasteiger charge is 2.30. The fourth-order valence-electron chi connectivity index (χ4n) is 2.85. The quantitative estimate of drug-likeness (QED) is 0.700. The topological polar surface area (TPSA) is 94.2 Å². The third-order valence-electron chi connectivity index (χ3n) is 4.18. The van der Waals surface area contributed by atoms with Gasteiger partial charge in [0, 0.05) is 19.6 Å². The monoisotopic (exact) mass is 400 g/mol. The van der Waals surface area contributed by atoms with Crippen LogP contribution in [-0.4, -0.2) is 69.4 Å². The summed E-state index contributed by atoms with van der Waals surface area (Å²) >= 11 is 0. The van der Waals surface area contributed by atoms with Crippen LogP contribution in [0.2, 0.25) is 0 Å². The van der Waals surface area contributed by atoms with Gasteiger partial charge in [-0.15, -0.1) is 0 Å². The van der Waals surface area contributed by atoms with Crippen LogP contribution in [0.3, 0.4) is 0 Å². The van der Waals surface area contributed by atoms with Gasteiger partial charge >= 0.3 is 0 Å². The second-order valence-corrected chi connectivity index (χ2v) is 8.71. The van der Waals surface area contributed by atoms with Gasteiger partial charge in [0.15, 0.2) is 6.10 Å². The third-order valence-corrected chi connectivity index (χ3v) is 5.99. The molecule has 152 valence electrons. The Morgan fingerprint density at radius 2 is 1.78 bits per heavy atom. The molecule has 27 heavy (non-hydrogen) atoms. The van der Waals surface area contributed by atoms with Crippen molar-refractivity contribution >= 4 is 15.9 Å². The van der Waals surface area contributed by atoms with Gasteiger partial charge in [0.1, 0.15) is 11.5 Å². The van der Waals surface area contributed by atoms with Gasteiger partial charge in [-0.25, -0.2) is 8.42 Å². The summed E-state index contributed by atoms with van der Waals surface area (Å²) in [6.07, 6.45) is -1.03. The number of ether oxygens (including phenoxy) is 3. The molecule has 1 aliphatic heterocycles. The van der Waals surface area contributed by atoms with E-state index in [1.807, 2.05) is 13.8 Å². The van der Waals surface area contributed by atoms with Crippen LogP contribution < -0.4 is 14.8 Å². The van der Waals surface area contributed by atoms with Gasteiger partial charge in [-0.05, 0) is 45.0 Å². The van der Waals surface area contributed by atoms with Crippen molar-refractivity contribution in [3.05, 3.63) is 24.3 Å². The predicted octanol–water partition coefficient (Wildman–Crippen LogP) is 1.02. The number of sulfonamides is 1. The highest BCUT2D eigenvalue weighted by molar-refractivity contribution is 7.89. The fourth-order valence-corrected chi connectivity index (χ4v) is 4.34. The molecule has 0 aromatic heterocycles. The van der Waals surface area contributed by atoms with Gasteiger partial charge in [-0.1, -0.05) is 0 Å². The van der Waals surface area contributed by atoms with Crippen LogP contribution in [-0.2, 0) is 19.6 Å². The molecule has 1 aliphatic rings. The van der Waals surface area contributed by atoms with Crippen LogP contribution in [0.1, 0.15) is 20.8 Å². The molecule has 2 rings (SSSR count). The first kappa shape index (κ1) is 21.5. The minimum absolute atomic E-state index is 0.0254. The van der Waals surface area contributed by atoms with Crippen LogP contribution in [0.4, 0.5) is 0 Å². The van der Waals surface area contributed by atoms with E-state index in [1.165, 1.54) is 4.31 Å². The molecule has 1 saturated heterocycles. The van der Waals surface area contributed by atoms with E-state index >= 15 is 0 Å². The van der Waals surface area contributed by atoms with Crippen molar-refractivity contribution in [2.75, 3.05) is 32.5 Å². The van der Waals surface area contributed by atoms with Gasteiger partial charge in [-0.3, -0.25) is 4.79 Å². The van der Waals surface area contributed by atoms with E-state index < -0.39 is 16.1 Å².